The molecular weight excluding hydrogens is 736 g/mol. The smallest absolute Gasteiger partial charge is 0.509 e. The predicted octanol–water partition coefficient (Wildman–Crippen LogP) is 9.71. The molecule has 0 spiro atoms. The van der Waals surface area contributed by atoms with Crippen LogP contribution in [0.2, 0.25) is 0 Å². The summed E-state index contributed by atoms with van der Waals surface area (Å²) in [5, 5.41) is 2.27. The van der Waals surface area contributed by atoms with Gasteiger partial charge in [0.1, 0.15) is 5.82 Å². The molecule has 3 heterocycles. The summed E-state index contributed by atoms with van der Waals surface area (Å²) in [5.74, 6) is 2.18. The Morgan fingerprint density at radius 3 is 2.18 bits per heavy atom. The first-order chi connectivity index (χ1) is 21.0. The van der Waals surface area contributed by atoms with Gasteiger partial charge in [0.15, 0.2) is 0 Å². The number of hydrogen-bond acceptors (Lipinski definition) is 4. The van der Waals surface area contributed by atoms with E-state index in [2.05, 4.69) is 154 Å². The maximum Gasteiger partial charge on any atom is 2.00 e. The van der Waals surface area contributed by atoms with Gasteiger partial charge in [-0.2, -0.15) is 6.07 Å². The first-order valence-corrected chi connectivity index (χ1v) is 15.2. The molecule has 2 aromatic heterocycles. The Balaban J connectivity index is 0.00000357. The van der Waals surface area contributed by atoms with Crippen molar-refractivity contribution in [3.63, 3.8) is 0 Å². The summed E-state index contributed by atoms with van der Waals surface area (Å²) < 4.78 is 8.82. The first kappa shape index (κ1) is 30.9. The van der Waals surface area contributed by atoms with Crippen molar-refractivity contribution >= 4 is 38.9 Å². The van der Waals surface area contributed by atoms with Crippen molar-refractivity contribution in [1.29, 1.82) is 0 Å². The van der Waals surface area contributed by atoms with E-state index >= 15 is 0 Å². The normalized spacial score (nSPS) is 13.3. The standard InChI is InChI=1S/C39H38N4O.Pt/c1-38(2,3)26-18-19-40-37(22-26)43-33-13-9-8-12-31(33)32-17-16-29(24-36(32)43)44-30-21-27(39(4,5)6)20-28(23-30)42-25-41(7)34-14-10-11-15-35(34)42;/h8-22H,25H2,1-7H3;/q-2;+2. The van der Waals surface area contributed by atoms with Gasteiger partial charge in [-0.3, -0.25) is 0 Å². The van der Waals surface area contributed by atoms with Crippen LogP contribution < -0.4 is 14.5 Å². The minimum Gasteiger partial charge on any atom is -0.509 e. The molecule has 0 saturated heterocycles. The molecule has 0 bridgehead atoms. The molecular formula is C39H38N4OPt. The van der Waals surface area contributed by atoms with Crippen molar-refractivity contribution in [2.45, 2.75) is 52.4 Å². The molecule has 0 aliphatic carbocycles. The molecule has 0 atom stereocenters. The summed E-state index contributed by atoms with van der Waals surface area (Å²) in [4.78, 5) is 9.38. The van der Waals surface area contributed by atoms with Crippen LogP contribution >= 0.6 is 0 Å². The third-order valence-corrected chi connectivity index (χ3v) is 8.54. The molecule has 6 heteroatoms. The summed E-state index contributed by atoms with van der Waals surface area (Å²) in [6.45, 7) is 14.1. The minimum atomic E-state index is -0.0725. The predicted molar refractivity (Wildman–Crippen MR) is 182 cm³/mol. The summed E-state index contributed by atoms with van der Waals surface area (Å²) in [5.41, 5.74) is 7.75. The van der Waals surface area contributed by atoms with Crippen molar-refractivity contribution in [3.05, 3.63) is 114 Å². The van der Waals surface area contributed by atoms with Gasteiger partial charge in [-0.25, -0.2) is 4.98 Å². The molecule has 1 aliphatic heterocycles. The molecule has 45 heavy (non-hydrogen) atoms. The average Bonchev–Trinajstić information content (AvgIpc) is 3.51. The second-order valence-corrected chi connectivity index (χ2v) is 13.8. The van der Waals surface area contributed by atoms with E-state index in [1.165, 1.54) is 22.5 Å². The van der Waals surface area contributed by atoms with E-state index in [0.29, 0.717) is 11.5 Å². The second kappa shape index (κ2) is 11.4. The van der Waals surface area contributed by atoms with Gasteiger partial charge in [0.2, 0.25) is 0 Å². The van der Waals surface area contributed by atoms with Crippen molar-refractivity contribution in [3.8, 4) is 17.3 Å². The van der Waals surface area contributed by atoms with Gasteiger partial charge in [0.05, 0.1) is 18.0 Å². The average molecular weight is 774 g/mol. The van der Waals surface area contributed by atoms with Crippen molar-refractivity contribution in [1.82, 2.24) is 9.55 Å². The number of rotatable bonds is 4. The van der Waals surface area contributed by atoms with E-state index in [9.17, 15) is 0 Å². The van der Waals surface area contributed by atoms with Crippen molar-refractivity contribution < 1.29 is 25.8 Å². The monoisotopic (exact) mass is 773 g/mol. The van der Waals surface area contributed by atoms with E-state index < -0.39 is 0 Å². The van der Waals surface area contributed by atoms with Gasteiger partial charge < -0.3 is 19.1 Å². The van der Waals surface area contributed by atoms with E-state index in [0.717, 1.165) is 40.0 Å². The molecule has 0 radical (unpaired) electrons. The largest absolute Gasteiger partial charge is 2.00 e. The molecule has 0 unspecified atom stereocenters. The van der Waals surface area contributed by atoms with E-state index in [4.69, 9.17) is 9.72 Å². The fraction of sp³-hybridized carbons (Fsp3) is 0.256. The number of nitrogens with zero attached hydrogens (tertiary/aromatic N) is 4. The second-order valence-electron chi connectivity index (χ2n) is 13.8. The number of ether oxygens (including phenoxy) is 1. The summed E-state index contributed by atoms with van der Waals surface area (Å²) in [6.07, 6.45) is 1.90. The van der Waals surface area contributed by atoms with E-state index in [1.807, 2.05) is 12.3 Å². The Bertz CT molecular complexity index is 2030. The van der Waals surface area contributed by atoms with Crippen molar-refractivity contribution in [2.75, 3.05) is 23.5 Å². The van der Waals surface area contributed by atoms with Crippen LogP contribution in [0.3, 0.4) is 0 Å². The van der Waals surface area contributed by atoms with Gasteiger partial charge in [0.25, 0.3) is 0 Å². The number of anilines is 3. The van der Waals surface area contributed by atoms with Gasteiger partial charge in [-0.1, -0.05) is 83.1 Å². The zero-order chi connectivity index (χ0) is 30.8. The first-order valence-electron chi connectivity index (χ1n) is 15.2. The van der Waals surface area contributed by atoms with Crippen LogP contribution in [0, 0.1) is 12.1 Å². The SMILES string of the molecule is CN1CN(c2[c-]c(Oc3[c-]c4c(cc3)c3ccccc3n4-c3cc(C(C)(C)C)ccn3)cc(C(C)(C)C)c2)c2ccccc21.[Pt+2]. The maximum absolute atomic E-state index is 6.62. The molecule has 0 N–H and O–H groups in total. The molecule has 0 fully saturated rings. The number of pyridine rings is 1. The van der Waals surface area contributed by atoms with Crippen LogP contribution in [-0.4, -0.2) is 23.3 Å². The Hall–Kier alpha value is -4.08. The van der Waals surface area contributed by atoms with Gasteiger partial charge in [0, 0.05) is 30.3 Å². The third kappa shape index (κ3) is 5.64. The van der Waals surface area contributed by atoms with Gasteiger partial charge in [-0.15, -0.1) is 41.3 Å². The Kier molecular flexibility index (Phi) is 7.81. The molecule has 0 amide bonds. The number of benzene rings is 4. The Morgan fingerprint density at radius 1 is 0.711 bits per heavy atom. The fourth-order valence-electron chi connectivity index (χ4n) is 6.04. The van der Waals surface area contributed by atoms with Gasteiger partial charge >= 0.3 is 21.1 Å². The van der Waals surface area contributed by atoms with E-state index in [1.54, 1.807) is 0 Å². The molecule has 4 aromatic carbocycles. The Labute approximate surface area is 280 Å². The molecule has 0 saturated carbocycles. The maximum atomic E-state index is 6.62. The number of para-hydroxylation sites is 3. The summed E-state index contributed by atoms with van der Waals surface area (Å²) in [6, 6.07) is 36.9. The molecule has 230 valence electrons. The zero-order valence-corrected chi connectivity index (χ0v) is 29.2. The number of aromatic nitrogens is 2. The van der Waals surface area contributed by atoms with Crippen LogP contribution in [-0.2, 0) is 31.9 Å². The molecule has 6 aromatic rings. The quantitative estimate of drug-likeness (QED) is 0.167. The number of fused-ring (bicyclic) bond motifs is 4. The van der Waals surface area contributed by atoms with Crippen LogP contribution in [0.1, 0.15) is 52.7 Å². The molecule has 5 nitrogen and oxygen atoms in total. The van der Waals surface area contributed by atoms with Crippen LogP contribution in [0.25, 0.3) is 27.6 Å². The molecule has 1 aliphatic rings. The topological polar surface area (TPSA) is 33.5 Å². The fourth-order valence-corrected chi connectivity index (χ4v) is 6.04. The Morgan fingerprint density at radius 2 is 1.42 bits per heavy atom. The van der Waals surface area contributed by atoms with E-state index in [-0.39, 0.29) is 31.9 Å². The van der Waals surface area contributed by atoms with Crippen molar-refractivity contribution in [2.24, 2.45) is 0 Å². The molecule has 7 rings (SSSR count). The summed E-state index contributed by atoms with van der Waals surface area (Å²) in [7, 11) is 2.12. The van der Waals surface area contributed by atoms with Gasteiger partial charge in [-0.05, 0) is 52.1 Å². The van der Waals surface area contributed by atoms with Crippen LogP contribution in [0.4, 0.5) is 17.1 Å². The number of hydrogen-bond donors (Lipinski definition) is 0. The minimum absolute atomic E-state index is 0. The third-order valence-electron chi connectivity index (χ3n) is 8.54. The zero-order valence-electron chi connectivity index (χ0n) is 26.9. The summed E-state index contributed by atoms with van der Waals surface area (Å²) >= 11 is 0. The van der Waals surface area contributed by atoms with Crippen LogP contribution in [0.15, 0.2) is 91.1 Å². The van der Waals surface area contributed by atoms with Crippen LogP contribution in [0.5, 0.6) is 11.5 Å².